The molecule has 1 heterocycles. The van der Waals surface area contributed by atoms with Gasteiger partial charge in [-0.2, -0.15) is 0 Å². The molecule has 1 nitrogen and oxygen atoms in total. The predicted molar refractivity (Wildman–Crippen MR) is 152 cm³/mol. The van der Waals surface area contributed by atoms with Gasteiger partial charge in [0.1, 0.15) is 7.05 Å². The van der Waals surface area contributed by atoms with Crippen LogP contribution < -0.4 is 4.57 Å². The second-order valence-corrected chi connectivity index (χ2v) is 11.1. The maximum Gasteiger partial charge on any atom is 0.213 e. The molecule has 3 aliphatic carbocycles. The molecule has 2 unspecified atom stereocenters. The molecule has 0 N–H and O–H groups in total. The van der Waals surface area contributed by atoms with Crippen molar-refractivity contribution in [3.05, 3.63) is 147 Å². The average Bonchev–Trinajstić information content (AvgIpc) is 2.89. The first-order valence-corrected chi connectivity index (χ1v) is 13.3. The van der Waals surface area contributed by atoms with Crippen molar-refractivity contribution < 1.29 is 4.57 Å². The van der Waals surface area contributed by atoms with Crippen LogP contribution in [0.2, 0.25) is 0 Å². The number of aromatic nitrogens is 1. The third-order valence-electron chi connectivity index (χ3n) is 8.72. The Morgan fingerprint density at radius 1 is 0.486 bits per heavy atom. The van der Waals surface area contributed by atoms with Crippen LogP contribution in [0.5, 0.6) is 0 Å². The Morgan fingerprint density at radius 2 is 1.08 bits per heavy atom. The molecule has 2 atom stereocenters. The van der Waals surface area contributed by atoms with E-state index in [1.165, 1.54) is 78.0 Å². The molecule has 0 fully saturated rings. The average molecular weight is 479 g/mol. The van der Waals surface area contributed by atoms with Crippen LogP contribution in [0.15, 0.2) is 91.1 Å². The number of aryl methyl sites for hydroxylation is 5. The summed E-state index contributed by atoms with van der Waals surface area (Å²) in [5, 5.41) is 0. The summed E-state index contributed by atoms with van der Waals surface area (Å²) in [6.45, 7) is 8.95. The summed E-state index contributed by atoms with van der Waals surface area (Å²) in [6, 6.07) is 32.3. The molecular formula is C36H32N+. The van der Waals surface area contributed by atoms with Crippen LogP contribution in [0, 0.1) is 27.7 Å². The summed E-state index contributed by atoms with van der Waals surface area (Å²) in [6.07, 6.45) is 2.29. The first-order valence-electron chi connectivity index (χ1n) is 13.3. The van der Waals surface area contributed by atoms with Gasteiger partial charge in [-0.15, -0.1) is 0 Å². The minimum atomic E-state index is 0.294. The summed E-state index contributed by atoms with van der Waals surface area (Å²) in [4.78, 5) is 0. The molecule has 0 spiro atoms. The Morgan fingerprint density at radius 3 is 1.84 bits per heavy atom. The Kier molecular flexibility index (Phi) is 4.82. The first kappa shape index (κ1) is 22.2. The van der Waals surface area contributed by atoms with E-state index in [9.17, 15) is 0 Å². The van der Waals surface area contributed by atoms with Gasteiger partial charge in [-0.05, 0) is 95.5 Å². The minimum Gasteiger partial charge on any atom is -0.201 e. The maximum atomic E-state index is 2.52. The Labute approximate surface area is 220 Å². The molecular weight excluding hydrogens is 446 g/mol. The number of nitrogens with zero attached hydrogens (tertiary/aromatic N) is 1. The SMILES string of the molecule is Cc1ccc2c(c1)C1c3ccccc3C2c2cc(-c3cc(-c4ccccc4C)[n+](C)cc3C)c(C)cc21. The van der Waals surface area contributed by atoms with Crippen LogP contribution in [0.4, 0.5) is 0 Å². The van der Waals surface area contributed by atoms with Gasteiger partial charge in [-0.3, -0.25) is 0 Å². The van der Waals surface area contributed by atoms with Crippen LogP contribution in [-0.4, -0.2) is 0 Å². The van der Waals surface area contributed by atoms with Gasteiger partial charge in [0.05, 0.1) is 0 Å². The Hall–Kier alpha value is -3.97. The van der Waals surface area contributed by atoms with E-state index in [1.54, 1.807) is 0 Å². The molecule has 2 bridgehead atoms. The highest BCUT2D eigenvalue weighted by atomic mass is 14.9. The number of rotatable bonds is 2. The van der Waals surface area contributed by atoms with Crippen molar-refractivity contribution in [2.75, 3.05) is 0 Å². The van der Waals surface area contributed by atoms with Gasteiger partial charge in [-0.1, -0.05) is 72.3 Å². The third kappa shape index (κ3) is 3.20. The third-order valence-corrected chi connectivity index (χ3v) is 8.72. The largest absolute Gasteiger partial charge is 0.213 e. The second kappa shape index (κ2) is 8.02. The van der Waals surface area contributed by atoms with Gasteiger partial charge in [0.15, 0.2) is 6.20 Å². The summed E-state index contributed by atoms with van der Waals surface area (Å²) in [5.74, 6) is 0.609. The van der Waals surface area contributed by atoms with Crippen molar-refractivity contribution >= 4 is 0 Å². The summed E-state index contributed by atoms with van der Waals surface area (Å²) in [5.41, 5.74) is 19.4. The van der Waals surface area contributed by atoms with E-state index in [2.05, 4.69) is 130 Å². The standard InChI is InChI=1S/C36H32N/c1-21-14-15-28-31(16-21)36-27-13-9-8-12-26(27)35(28)33-18-29(23(3)17-32(33)36)30-19-34(37(5)20-24(30)4)25-11-7-6-10-22(25)2/h6-20,35-36H,1-5H3/q+1. The van der Waals surface area contributed by atoms with Gasteiger partial charge >= 0.3 is 0 Å². The molecule has 4 aromatic carbocycles. The molecule has 1 aromatic heterocycles. The van der Waals surface area contributed by atoms with Crippen LogP contribution in [0.1, 0.15) is 67.5 Å². The lowest BCUT2D eigenvalue weighted by atomic mass is 9.60. The quantitative estimate of drug-likeness (QED) is 0.221. The molecule has 37 heavy (non-hydrogen) atoms. The first-order chi connectivity index (χ1) is 17.9. The normalized spacial score (nSPS) is 16.8. The molecule has 0 aliphatic heterocycles. The fourth-order valence-electron chi connectivity index (χ4n) is 6.99. The molecule has 5 aromatic rings. The number of pyridine rings is 1. The summed E-state index contributed by atoms with van der Waals surface area (Å²) in [7, 11) is 2.16. The van der Waals surface area contributed by atoms with E-state index in [4.69, 9.17) is 0 Å². The van der Waals surface area contributed by atoms with Gasteiger partial charge < -0.3 is 0 Å². The number of hydrogen-bond acceptors (Lipinski definition) is 0. The molecule has 0 amide bonds. The molecule has 1 heteroatoms. The maximum absolute atomic E-state index is 2.52. The van der Waals surface area contributed by atoms with Crippen molar-refractivity contribution in [3.8, 4) is 22.4 Å². The lowest BCUT2D eigenvalue weighted by molar-refractivity contribution is -0.660. The van der Waals surface area contributed by atoms with E-state index in [1.807, 2.05) is 0 Å². The van der Waals surface area contributed by atoms with Gasteiger partial charge in [0.25, 0.3) is 0 Å². The number of hydrogen-bond donors (Lipinski definition) is 0. The van der Waals surface area contributed by atoms with E-state index in [0.29, 0.717) is 11.8 Å². The summed E-state index contributed by atoms with van der Waals surface area (Å²) < 4.78 is 2.27. The van der Waals surface area contributed by atoms with Crippen LogP contribution in [0.25, 0.3) is 22.4 Å². The van der Waals surface area contributed by atoms with Crippen molar-refractivity contribution in [1.29, 1.82) is 0 Å². The highest BCUT2D eigenvalue weighted by Gasteiger charge is 2.41. The molecule has 8 rings (SSSR count). The van der Waals surface area contributed by atoms with E-state index in [0.717, 1.165) is 0 Å². The van der Waals surface area contributed by atoms with Crippen molar-refractivity contribution in [1.82, 2.24) is 0 Å². The highest BCUT2D eigenvalue weighted by Crippen LogP contribution is 2.56. The smallest absolute Gasteiger partial charge is 0.201 e. The Balaban J connectivity index is 1.46. The second-order valence-electron chi connectivity index (χ2n) is 11.1. The van der Waals surface area contributed by atoms with Crippen LogP contribution in [0.3, 0.4) is 0 Å². The van der Waals surface area contributed by atoms with E-state index < -0.39 is 0 Å². The zero-order chi connectivity index (χ0) is 25.4. The van der Waals surface area contributed by atoms with Crippen LogP contribution >= 0.6 is 0 Å². The fraction of sp³-hybridized carbons (Fsp3) is 0.194. The van der Waals surface area contributed by atoms with Crippen molar-refractivity contribution in [3.63, 3.8) is 0 Å². The minimum absolute atomic E-state index is 0.294. The van der Waals surface area contributed by atoms with Gasteiger partial charge in [-0.25, -0.2) is 4.57 Å². The zero-order valence-corrected chi connectivity index (χ0v) is 22.3. The van der Waals surface area contributed by atoms with Crippen molar-refractivity contribution in [2.24, 2.45) is 7.05 Å². The topological polar surface area (TPSA) is 3.88 Å². The molecule has 0 saturated heterocycles. The lowest BCUT2D eigenvalue weighted by Gasteiger charge is -2.43. The predicted octanol–water partition coefficient (Wildman–Crippen LogP) is 8.07. The van der Waals surface area contributed by atoms with E-state index >= 15 is 0 Å². The molecule has 0 radical (unpaired) electrons. The monoisotopic (exact) mass is 478 g/mol. The molecule has 180 valence electrons. The zero-order valence-electron chi connectivity index (χ0n) is 22.3. The Bertz CT molecular complexity index is 1740. The van der Waals surface area contributed by atoms with Crippen molar-refractivity contribution in [2.45, 2.75) is 39.5 Å². The number of benzene rings is 4. The van der Waals surface area contributed by atoms with E-state index in [-0.39, 0.29) is 0 Å². The lowest BCUT2D eigenvalue weighted by Crippen LogP contribution is -2.31. The molecule has 0 saturated carbocycles. The van der Waals surface area contributed by atoms with Crippen LogP contribution in [-0.2, 0) is 7.05 Å². The molecule has 3 aliphatic rings. The highest BCUT2D eigenvalue weighted by molar-refractivity contribution is 5.78. The van der Waals surface area contributed by atoms with Gasteiger partial charge in [0, 0.05) is 29.0 Å². The fourth-order valence-corrected chi connectivity index (χ4v) is 6.99. The van der Waals surface area contributed by atoms with Gasteiger partial charge in [0.2, 0.25) is 5.69 Å². The summed E-state index contributed by atoms with van der Waals surface area (Å²) >= 11 is 0.